The van der Waals surface area contributed by atoms with Gasteiger partial charge in [-0.05, 0) is 42.3 Å². The highest BCUT2D eigenvalue weighted by Crippen LogP contribution is 2.24. The first kappa shape index (κ1) is 19.6. The average Bonchev–Trinajstić information content (AvgIpc) is 2.68. The molecule has 0 aliphatic heterocycles. The Kier molecular flexibility index (Phi) is 6.65. The number of carbonyl (C=O) groups is 3. The Morgan fingerprint density at radius 1 is 1.00 bits per heavy atom. The zero-order valence-corrected chi connectivity index (χ0v) is 15.1. The van der Waals surface area contributed by atoms with E-state index < -0.39 is 17.8 Å². The molecule has 0 unspecified atom stereocenters. The third-order valence-electron chi connectivity index (χ3n) is 3.52. The highest BCUT2D eigenvalue weighted by Gasteiger charge is 2.15. The van der Waals surface area contributed by atoms with Crippen LogP contribution in [0.25, 0.3) is 0 Å². The summed E-state index contributed by atoms with van der Waals surface area (Å²) in [6, 6.07) is 11.6. The van der Waals surface area contributed by atoms with E-state index in [0.717, 1.165) is 5.56 Å². The van der Waals surface area contributed by atoms with Crippen molar-refractivity contribution in [1.82, 2.24) is 5.43 Å². The van der Waals surface area contributed by atoms with Crippen molar-refractivity contribution < 1.29 is 23.9 Å². The van der Waals surface area contributed by atoms with Gasteiger partial charge in [0.05, 0.1) is 31.7 Å². The lowest BCUT2D eigenvalue weighted by atomic mass is 10.1. The third kappa shape index (κ3) is 5.40. The van der Waals surface area contributed by atoms with Crippen molar-refractivity contribution in [3.05, 3.63) is 59.2 Å². The summed E-state index contributed by atoms with van der Waals surface area (Å²) in [6.07, 6.45) is 1.35. The highest BCUT2D eigenvalue weighted by molar-refractivity contribution is 6.39. The zero-order valence-electron chi connectivity index (χ0n) is 15.1. The van der Waals surface area contributed by atoms with Crippen LogP contribution in [0.15, 0.2) is 47.6 Å². The minimum absolute atomic E-state index is 0.389. The standard InChI is InChI=1S/C19H19N3O5/c1-12-4-9-16(26-2)15(10-12)21-17(23)18(24)22-20-11-13-5-7-14(8-6-13)19(25)27-3/h4-11H,1-3H3,(H,21,23)(H,22,24)/b20-11-. The SMILES string of the molecule is COC(=O)c1ccc(/C=N\NC(=O)C(=O)Nc2cc(C)ccc2OC)cc1. The number of esters is 1. The molecule has 0 atom stereocenters. The summed E-state index contributed by atoms with van der Waals surface area (Å²) in [5.41, 5.74) is 4.45. The molecule has 0 saturated heterocycles. The van der Waals surface area contributed by atoms with Crippen LogP contribution in [-0.4, -0.2) is 38.2 Å². The Hall–Kier alpha value is -3.68. The number of rotatable bonds is 5. The molecule has 27 heavy (non-hydrogen) atoms. The first-order chi connectivity index (χ1) is 12.9. The molecule has 2 rings (SSSR count). The molecule has 2 aromatic carbocycles. The molecule has 8 heteroatoms. The van der Waals surface area contributed by atoms with Gasteiger partial charge in [0.1, 0.15) is 5.75 Å². The molecule has 0 fully saturated rings. The Labute approximate surface area is 156 Å². The van der Waals surface area contributed by atoms with Crippen LogP contribution >= 0.6 is 0 Å². The van der Waals surface area contributed by atoms with Crippen molar-refractivity contribution >= 4 is 29.7 Å². The van der Waals surface area contributed by atoms with Gasteiger partial charge in [0, 0.05) is 0 Å². The van der Waals surface area contributed by atoms with Crippen molar-refractivity contribution in [3.63, 3.8) is 0 Å². The summed E-state index contributed by atoms with van der Waals surface area (Å²) in [4.78, 5) is 35.2. The lowest BCUT2D eigenvalue weighted by molar-refractivity contribution is -0.136. The van der Waals surface area contributed by atoms with Crippen LogP contribution in [0.4, 0.5) is 5.69 Å². The number of anilines is 1. The minimum Gasteiger partial charge on any atom is -0.495 e. The number of nitrogens with one attached hydrogen (secondary N) is 2. The Morgan fingerprint density at radius 2 is 1.70 bits per heavy atom. The molecule has 2 aromatic rings. The molecule has 0 saturated carbocycles. The first-order valence-electron chi connectivity index (χ1n) is 7.92. The molecular weight excluding hydrogens is 350 g/mol. The molecular formula is C19H19N3O5. The zero-order chi connectivity index (χ0) is 19.8. The van der Waals surface area contributed by atoms with Gasteiger partial charge in [0.15, 0.2) is 0 Å². The van der Waals surface area contributed by atoms with Gasteiger partial charge in [0.25, 0.3) is 0 Å². The molecule has 0 aliphatic rings. The van der Waals surface area contributed by atoms with Crippen LogP contribution < -0.4 is 15.5 Å². The van der Waals surface area contributed by atoms with Crippen LogP contribution in [-0.2, 0) is 14.3 Å². The van der Waals surface area contributed by atoms with Crippen LogP contribution in [0.2, 0.25) is 0 Å². The Balaban J connectivity index is 1.95. The second-order valence-electron chi connectivity index (χ2n) is 5.47. The van der Waals surface area contributed by atoms with E-state index in [1.165, 1.54) is 20.4 Å². The van der Waals surface area contributed by atoms with Crippen molar-refractivity contribution in [1.29, 1.82) is 0 Å². The molecule has 0 spiro atoms. The lowest BCUT2D eigenvalue weighted by Gasteiger charge is -2.10. The van der Waals surface area contributed by atoms with E-state index in [-0.39, 0.29) is 0 Å². The Morgan fingerprint density at radius 3 is 2.33 bits per heavy atom. The van der Waals surface area contributed by atoms with Crippen LogP contribution in [0, 0.1) is 6.92 Å². The van der Waals surface area contributed by atoms with E-state index in [9.17, 15) is 14.4 Å². The van der Waals surface area contributed by atoms with E-state index in [2.05, 4.69) is 20.6 Å². The fourth-order valence-corrected chi connectivity index (χ4v) is 2.14. The maximum atomic E-state index is 12.0. The number of hydrazone groups is 1. The average molecular weight is 369 g/mol. The molecule has 0 aromatic heterocycles. The summed E-state index contributed by atoms with van der Waals surface area (Å²) < 4.78 is 9.75. The molecule has 2 amide bonds. The number of hydrogen-bond acceptors (Lipinski definition) is 6. The number of carbonyl (C=O) groups excluding carboxylic acids is 3. The van der Waals surface area contributed by atoms with Crippen LogP contribution in [0.3, 0.4) is 0 Å². The van der Waals surface area contributed by atoms with Gasteiger partial charge in [0.2, 0.25) is 0 Å². The lowest BCUT2D eigenvalue weighted by Crippen LogP contribution is -2.32. The molecule has 2 N–H and O–H groups in total. The molecule has 0 bridgehead atoms. The summed E-state index contributed by atoms with van der Waals surface area (Å²) in [5, 5.41) is 6.20. The fraction of sp³-hybridized carbons (Fsp3) is 0.158. The second-order valence-corrected chi connectivity index (χ2v) is 5.47. The maximum Gasteiger partial charge on any atom is 0.337 e. The Bertz CT molecular complexity index is 875. The topological polar surface area (TPSA) is 106 Å². The van der Waals surface area contributed by atoms with E-state index in [1.54, 1.807) is 36.4 Å². The molecule has 0 aliphatic carbocycles. The number of amides is 2. The fourth-order valence-electron chi connectivity index (χ4n) is 2.14. The minimum atomic E-state index is -0.930. The van der Waals surface area contributed by atoms with E-state index >= 15 is 0 Å². The monoisotopic (exact) mass is 369 g/mol. The summed E-state index contributed by atoms with van der Waals surface area (Å²) >= 11 is 0. The van der Waals surface area contributed by atoms with E-state index in [4.69, 9.17) is 4.74 Å². The molecule has 8 nitrogen and oxygen atoms in total. The predicted octanol–water partition coefficient (Wildman–Crippen LogP) is 1.88. The van der Waals surface area contributed by atoms with Crippen LogP contribution in [0.5, 0.6) is 5.75 Å². The number of aryl methyl sites for hydroxylation is 1. The third-order valence-corrected chi connectivity index (χ3v) is 3.52. The van der Waals surface area contributed by atoms with Crippen molar-refractivity contribution in [3.8, 4) is 5.75 Å². The smallest absolute Gasteiger partial charge is 0.337 e. The van der Waals surface area contributed by atoms with E-state index in [1.807, 2.05) is 13.0 Å². The number of ether oxygens (including phenoxy) is 2. The van der Waals surface area contributed by atoms with Crippen molar-refractivity contribution in [2.75, 3.05) is 19.5 Å². The number of nitrogens with zero attached hydrogens (tertiary/aromatic N) is 1. The van der Waals surface area contributed by atoms with Gasteiger partial charge in [-0.25, -0.2) is 10.2 Å². The number of hydrogen-bond donors (Lipinski definition) is 2. The predicted molar refractivity (Wildman–Crippen MR) is 99.9 cm³/mol. The second kappa shape index (κ2) is 9.14. The van der Waals surface area contributed by atoms with Crippen LogP contribution in [0.1, 0.15) is 21.5 Å². The largest absolute Gasteiger partial charge is 0.495 e. The van der Waals surface area contributed by atoms with Gasteiger partial charge < -0.3 is 14.8 Å². The summed E-state index contributed by atoms with van der Waals surface area (Å²) in [5.74, 6) is -1.82. The normalized spacial score (nSPS) is 10.3. The molecule has 0 heterocycles. The van der Waals surface area contributed by atoms with Crippen molar-refractivity contribution in [2.24, 2.45) is 5.10 Å². The highest BCUT2D eigenvalue weighted by atomic mass is 16.5. The molecule has 140 valence electrons. The maximum absolute atomic E-state index is 12.0. The summed E-state index contributed by atoms with van der Waals surface area (Å²) in [6.45, 7) is 1.85. The van der Waals surface area contributed by atoms with Gasteiger partial charge in [-0.1, -0.05) is 18.2 Å². The summed E-state index contributed by atoms with van der Waals surface area (Å²) in [7, 11) is 2.76. The van der Waals surface area contributed by atoms with Gasteiger partial charge >= 0.3 is 17.8 Å². The van der Waals surface area contributed by atoms with Gasteiger partial charge in [-0.15, -0.1) is 0 Å². The van der Waals surface area contributed by atoms with Gasteiger partial charge in [-0.3, -0.25) is 9.59 Å². The first-order valence-corrected chi connectivity index (χ1v) is 7.92. The number of benzene rings is 2. The van der Waals surface area contributed by atoms with E-state index in [0.29, 0.717) is 22.6 Å². The molecule has 0 radical (unpaired) electrons. The number of methoxy groups -OCH3 is 2. The van der Waals surface area contributed by atoms with Gasteiger partial charge in [-0.2, -0.15) is 5.10 Å². The van der Waals surface area contributed by atoms with Crippen molar-refractivity contribution in [2.45, 2.75) is 6.92 Å². The quantitative estimate of drug-likeness (QED) is 0.362.